The molecule has 4 rings (SSSR count). The topological polar surface area (TPSA) is 204 Å². The van der Waals surface area contributed by atoms with Crippen LogP contribution in [0.1, 0.15) is 24.0 Å². The number of rotatable bonds is 6. The Morgan fingerprint density at radius 3 is 2.12 bits per heavy atom. The van der Waals surface area contributed by atoms with Crippen molar-refractivity contribution >= 4 is 17.7 Å². The summed E-state index contributed by atoms with van der Waals surface area (Å²) in [5.74, 6) is -1.37. The van der Waals surface area contributed by atoms with E-state index in [0.29, 0.717) is 30.6 Å². The van der Waals surface area contributed by atoms with E-state index in [0.717, 1.165) is 37.3 Å². The van der Waals surface area contributed by atoms with Gasteiger partial charge in [-0.2, -0.15) is 0 Å². The molecular weight excluding hydrogens is 526 g/mol. The molecular formula is C29H41N7O5. The summed E-state index contributed by atoms with van der Waals surface area (Å²) < 4.78 is 0. The number of hydrogen-bond acceptors (Lipinski definition) is 9. The fraction of sp³-hybridized carbons (Fsp3) is 0.483. The van der Waals surface area contributed by atoms with Crippen LogP contribution in [-0.2, 0) is 27.2 Å². The molecule has 11 N–H and O–H groups in total. The van der Waals surface area contributed by atoms with E-state index in [4.69, 9.17) is 11.5 Å². The Morgan fingerprint density at radius 1 is 0.902 bits per heavy atom. The molecule has 3 atom stereocenters. The molecule has 0 radical (unpaired) electrons. The van der Waals surface area contributed by atoms with E-state index in [9.17, 15) is 24.6 Å². The Balaban J connectivity index is 1.68. The van der Waals surface area contributed by atoms with Gasteiger partial charge in [0.1, 0.15) is 23.6 Å². The van der Waals surface area contributed by atoms with Crippen molar-refractivity contribution in [2.45, 2.75) is 43.8 Å². The molecule has 4 bridgehead atoms. The number of benzene rings is 2. The van der Waals surface area contributed by atoms with Gasteiger partial charge < -0.3 is 48.3 Å². The minimum absolute atomic E-state index is 0.00597. The standard InChI is InChI=1S/C29H41N7O5/c30-7-1-2-23-29(41)36-24(28(40)34-16-17-14-32-8-9-33-15-17)13-21-11-19(4-6-26(21)38)18-3-5-25(37)20(10-18)12-22(31)27(39)35-23/h3-6,10-11,17,22-24,32-33,37-38H,1-2,7-9,12-16,30-31H2,(H,34,40)(H,35,39)(H,36,41)/t22-,23+,24+/m1/s1. The summed E-state index contributed by atoms with van der Waals surface area (Å²) in [5.41, 5.74) is 14.3. The SMILES string of the molecule is NCCC[C@@H]1NC(=O)[C@H](N)Cc2cc(ccc2O)-c2ccc(O)c(c2)C[C@@H](C(=O)NCC2CNCCNC2)NC1=O. The number of carbonyl (C=O) groups excluding carboxylic acids is 3. The zero-order chi connectivity index (χ0) is 29.4. The zero-order valence-electron chi connectivity index (χ0n) is 23.1. The van der Waals surface area contributed by atoms with Crippen molar-refractivity contribution in [3.8, 4) is 22.6 Å². The lowest BCUT2D eigenvalue weighted by molar-refractivity contribution is -0.132. The average molecular weight is 568 g/mol. The van der Waals surface area contributed by atoms with E-state index in [-0.39, 0.29) is 36.7 Å². The number of aromatic hydroxyl groups is 2. The zero-order valence-corrected chi connectivity index (χ0v) is 23.1. The third-order valence-electron chi connectivity index (χ3n) is 7.57. The number of nitrogens with one attached hydrogen (secondary N) is 5. The van der Waals surface area contributed by atoms with Gasteiger partial charge in [0, 0.05) is 51.5 Å². The first-order valence-electron chi connectivity index (χ1n) is 14.1. The molecule has 0 spiro atoms. The number of carbonyl (C=O) groups is 3. The molecule has 2 aromatic carbocycles. The van der Waals surface area contributed by atoms with Gasteiger partial charge in [-0.15, -0.1) is 0 Å². The minimum atomic E-state index is -1.04. The van der Waals surface area contributed by atoms with Crippen LogP contribution in [0.15, 0.2) is 36.4 Å². The summed E-state index contributed by atoms with van der Waals surface area (Å²) in [6.07, 6.45) is 0.756. The fourth-order valence-electron chi connectivity index (χ4n) is 5.13. The lowest BCUT2D eigenvalue weighted by atomic mass is 9.95. The lowest BCUT2D eigenvalue weighted by Gasteiger charge is -2.25. The van der Waals surface area contributed by atoms with Crippen LogP contribution in [0.3, 0.4) is 0 Å². The van der Waals surface area contributed by atoms with Crippen LogP contribution in [0, 0.1) is 5.92 Å². The molecule has 0 aromatic heterocycles. The highest BCUT2D eigenvalue weighted by molar-refractivity contribution is 5.93. The number of nitrogens with two attached hydrogens (primary N) is 2. The van der Waals surface area contributed by atoms with Gasteiger partial charge in [-0.3, -0.25) is 14.4 Å². The molecule has 2 aromatic rings. The van der Waals surface area contributed by atoms with Crippen LogP contribution in [0.2, 0.25) is 0 Å². The predicted octanol–water partition coefficient (Wildman–Crippen LogP) is -1.18. The third-order valence-corrected chi connectivity index (χ3v) is 7.57. The molecule has 12 nitrogen and oxygen atoms in total. The van der Waals surface area contributed by atoms with Gasteiger partial charge in [0.05, 0.1) is 6.04 Å². The van der Waals surface area contributed by atoms with E-state index in [1.807, 2.05) is 0 Å². The second-order valence-electron chi connectivity index (χ2n) is 10.8. The molecule has 1 fully saturated rings. The van der Waals surface area contributed by atoms with E-state index >= 15 is 0 Å². The van der Waals surface area contributed by atoms with Crippen LogP contribution < -0.4 is 38.1 Å². The molecule has 2 heterocycles. The van der Waals surface area contributed by atoms with E-state index in [1.54, 1.807) is 24.3 Å². The summed E-state index contributed by atoms with van der Waals surface area (Å²) in [6.45, 7) is 3.89. The van der Waals surface area contributed by atoms with Crippen molar-refractivity contribution in [2.75, 3.05) is 39.3 Å². The van der Waals surface area contributed by atoms with Crippen molar-refractivity contribution in [3.63, 3.8) is 0 Å². The fourth-order valence-corrected chi connectivity index (χ4v) is 5.13. The van der Waals surface area contributed by atoms with Gasteiger partial charge in [0.25, 0.3) is 0 Å². The Hall–Kier alpha value is -3.71. The van der Waals surface area contributed by atoms with Crippen molar-refractivity contribution in [1.29, 1.82) is 0 Å². The molecule has 2 aliphatic rings. The first-order valence-corrected chi connectivity index (χ1v) is 14.1. The molecule has 41 heavy (non-hydrogen) atoms. The second kappa shape index (κ2) is 14.3. The van der Waals surface area contributed by atoms with Crippen LogP contribution in [-0.4, -0.2) is 85.3 Å². The van der Waals surface area contributed by atoms with Crippen molar-refractivity contribution < 1.29 is 24.6 Å². The maximum Gasteiger partial charge on any atom is 0.243 e. The number of phenolic OH excluding ortho intramolecular Hbond substituents is 2. The second-order valence-corrected chi connectivity index (χ2v) is 10.8. The normalized spacial score (nSPS) is 22.4. The Labute approximate surface area is 239 Å². The van der Waals surface area contributed by atoms with Crippen molar-refractivity contribution in [2.24, 2.45) is 17.4 Å². The first kappa shape index (κ1) is 30.3. The van der Waals surface area contributed by atoms with Gasteiger partial charge in [-0.25, -0.2) is 0 Å². The molecule has 2 aliphatic heterocycles. The third kappa shape index (κ3) is 8.17. The van der Waals surface area contributed by atoms with Crippen LogP contribution in [0.4, 0.5) is 0 Å². The number of hydrogen-bond donors (Lipinski definition) is 9. The maximum absolute atomic E-state index is 13.5. The Morgan fingerprint density at radius 2 is 1.51 bits per heavy atom. The van der Waals surface area contributed by atoms with Gasteiger partial charge in [0.2, 0.25) is 17.7 Å². The largest absolute Gasteiger partial charge is 0.508 e. The number of phenols is 2. The van der Waals surface area contributed by atoms with Gasteiger partial charge in [-0.1, -0.05) is 12.1 Å². The van der Waals surface area contributed by atoms with Crippen LogP contribution in [0.25, 0.3) is 11.1 Å². The molecule has 3 amide bonds. The molecule has 0 saturated carbocycles. The van der Waals surface area contributed by atoms with Crippen LogP contribution >= 0.6 is 0 Å². The van der Waals surface area contributed by atoms with E-state index < -0.39 is 35.8 Å². The number of amides is 3. The average Bonchev–Trinajstić information content (AvgIpc) is 3.24. The van der Waals surface area contributed by atoms with E-state index in [2.05, 4.69) is 26.6 Å². The first-order chi connectivity index (χ1) is 19.7. The summed E-state index contributed by atoms with van der Waals surface area (Å²) in [5, 5.41) is 36.3. The highest BCUT2D eigenvalue weighted by atomic mass is 16.3. The molecule has 222 valence electrons. The van der Waals surface area contributed by atoms with Gasteiger partial charge >= 0.3 is 0 Å². The molecule has 0 aliphatic carbocycles. The Bertz CT molecular complexity index is 1230. The van der Waals surface area contributed by atoms with Crippen molar-refractivity contribution in [1.82, 2.24) is 26.6 Å². The van der Waals surface area contributed by atoms with Crippen molar-refractivity contribution in [3.05, 3.63) is 47.5 Å². The molecule has 1 saturated heterocycles. The molecule has 12 heteroatoms. The van der Waals surface area contributed by atoms with Crippen LogP contribution in [0.5, 0.6) is 11.5 Å². The Kier molecular flexibility index (Phi) is 10.5. The molecule has 0 unspecified atom stereocenters. The quantitative estimate of drug-likeness (QED) is 0.206. The maximum atomic E-state index is 13.5. The smallest absolute Gasteiger partial charge is 0.243 e. The lowest BCUT2D eigenvalue weighted by Crippen LogP contribution is -2.57. The summed E-state index contributed by atoms with van der Waals surface area (Å²) in [7, 11) is 0. The minimum Gasteiger partial charge on any atom is -0.508 e. The number of fused-ring (bicyclic) bond motifs is 5. The monoisotopic (exact) mass is 567 g/mol. The summed E-state index contributed by atoms with van der Waals surface area (Å²) >= 11 is 0. The summed E-state index contributed by atoms with van der Waals surface area (Å²) in [6, 6.07) is 6.97. The predicted molar refractivity (Wildman–Crippen MR) is 155 cm³/mol. The van der Waals surface area contributed by atoms with Gasteiger partial charge in [0.15, 0.2) is 0 Å². The van der Waals surface area contributed by atoms with Gasteiger partial charge in [-0.05, 0) is 65.9 Å². The summed E-state index contributed by atoms with van der Waals surface area (Å²) in [4.78, 5) is 40.0. The van der Waals surface area contributed by atoms with E-state index in [1.165, 1.54) is 12.1 Å². The highest BCUT2D eigenvalue weighted by Crippen LogP contribution is 2.30. The highest BCUT2D eigenvalue weighted by Gasteiger charge is 2.30.